The second-order valence-corrected chi connectivity index (χ2v) is 10.2. The van der Waals surface area contributed by atoms with Gasteiger partial charge in [0.05, 0.1) is 22.2 Å². The monoisotopic (exact) mass is 471 g/mol. The number of ketones is 1. The minimum absolute atomic E-state index is 0.0260. The fourth-order valence-corrected chi connectivity index (χ4v) is 4.50. The number of benzene rings is 2. The summed E-state index contributed by atoms with van der Waals surface area (Å²) in [7, 11) is 0. The first-order valence-electron chi connectivity index (χ1n) is 10.3. The maximum atomic E-state index is 12.6. The van der Waals surface area contributed by atoms with E-state index < -0.39 is 11.6 Å². The molecule has 168 valence electrons. The summed E-state index contributed by atoms with van der Waals surface area (Å²) in [6, 6.07) is 9.17. The Labute approximate surface area is 196 Å². The lowest BCUT2D eigenvalue weighted by Gasteiger charge is -2.13. The number of aliphatic hydroxyl groups is 1. The van der Waals surface area contributed by atoms with Crippen molar-refractivity contribution in [1.29, 1.82) is 0 Å². The lowest BCUT2D eigenvalue weighted by molar-refractivity contribution is -0.136. The van der Waals surface area contributed by atoms with Crippen molar-refractivity contribution in [2.24, 2.45) is 0 Å². The smallest absolute Gasteiger partial charge is 0.307 e. The van der Waals surface area contributed by atoms with Crippen molar-refractivity contribution in [2.75, 3.05) is 0 Å². The third-order valence-electron chi connectivity index (χ3n) is 4.76. The summed E-state index contributed by atoms with van der Waals surface area (Å²) in [5, 5.41) is 19.0. The topological polar surface area (TPSA) is 87.5 Å². The number of aryl methyl sites for hydroxylation is 1. The van der Waals surface area contributed by atoms with Crippen LogP contribution in [0, 0.1) is 6.92 Å². The first-order chi connectivity index (χ1) is 14.9. The molecule has 1 aromatic heterocycles. The highest BCUT2D eigenvalue weighted by Gasteiger charge is 2.23. The van der Waals surface area contributed by atoms with Crippen LogP contribution in [0.2, 0.25) is 5.02 Å². The summed E-state index contributed by atoms with van der Waals surface area (Å²) in [6.07, 6.45) is 3.58. The molecule has 0 aliphatic heterocycles. The third-order valence-corrected chi connectivity index (χ3v) is 6.10. The largest absolute Gasteiger partial charge is 0.481 e. The van der Waals surface area contributed by atoms with Crippen LogP contribution in [0.3, 0.4) is 0 Å². The first-order valence-corrected chi connectivity index (χ1v) is 11.5. The van der Waals surface area contributed by atoms with Crippen molar-refractivity contribution in [3.05, 3.63) is 63.1 Å². The number of hydrogen-bond donors (Lipinski definition) is 2. The van der Waals surface area contributed by atoms with Crippen molar-refractivity contribution in [1.82, 2.24) is 4.98 Å². The van der Waals surface area contributed by atoms with Gasteiger partial charge in [-0.25, -0.2) is 4.98 Å². The number of carbonyl (C=O) groups excluding carboxylic acids is 1. The number of thiazole rings is 1. The summed E-state index contributed by atoms with van der Waals surface area (Å²) in [5.41, 5.74) is 4.31. The van der Waals surface area contributed by atoms with E-state index in [2.05, 4.69) is 4.98 Å². The van der Waals surface area contributed by atoms with Crippen LogP contribution in [0.25, 0.3) is 21.3 Å². The van der Waals surface area contributed by atoms with Gasteiger partial charge in [-0.1, -0.05) is 29.8 Å². The van der Waals surface area contributed by atoms with E-state index in [0.29, 0.717) is 10.0 Å². The van der Waals surface area contributed by atoms with Gasteiger partial charge in [0.25, 0.3) is 0 Å². The molecule has 2 N–H and O–H groups in total. The Bertz CT molecular complexity index is 1200. The Balaban J connectivity index is 0.000000523. The van der Waals surface area contributed by atoms with Crippen LogP contribution < -0.4 is 0 Å². The summed E-state index contributed by atoms with van der Waals surface area (Å²) in [4.78, 5) is 28.6. The maximum absolute atomic E-state index is 12.6. The second kappa shape index (κ2) is 9.53. The van der Waals surface area contributed by atoms with E-state index in [1.54, 1.807) is 32.9 Å². The van der Waals surface area contributed by atoms with Gasteiger partial charge in [0.15, 0.2) is 5.01 Å². The molecule has 0 atom stereocenters. The third kappa shape index (κ3) is 5.82. The number of rotatable bonds is 5. The van der Waals surface area contributed by atoms with Crippen LogP contribution in [0.5, 0.6) is 0 Å². The van der Waals surface area contributed by atoms with Gasteiger partial charge < -0.3 is 10.2 Å². The van der Waals surface area contributed by atoms with Gasteiger partial charge in [-0.05, 0) is 81.0 Å². The van der Waals surface area contributed by atoms with Crippen molar-refractivity contribution in [3.63, 3.8) is 0 Å². The molecule has 3 aromatic rings. The van der Waals surface area contributed by atoms with Gasteiger partial charge in [0.1, 0.15) is 0 Å². The van der Waals surface area contributed by atoms with Crippen molar-refractivity contribution in [2.45, 2.75) is 52.6 Å². The highest BCUT2D eigenvalue weighted by molar-refractivity contribution is 7.21. The second-order valence-electron chi connectivity index (χ2n) is 8.76. The Morgan fingerprint density at radius 2 is 1.78 bits per heavy atom. The first kappa shape index (κ1) is 24.1. The van der Waals surface area contributed by atoms with Crippen LogP contribution in [0.15, 0.2) is 42.0 Å². The molecule has 0 unspecified atom stereocenters. The fourth-order valence-electron chi connectivity index (χ4n) is 3.27. The molecular formula is C25H26ClNO4S. The zero-order chi connectivity index (χ0) is 23.6. The SMILES string of the molecule is CC(C)(C)O.Cc1cc2nc(C(=O)C3=CCC3)sc2c(-c2ccc(Cl)cc2)c1CC(=O)O. The van der Waals surface area contributed by atoms with Gasteiger partial charge in [-0.2, -0.15) is 0 Å². The molecule has 0 fully saturated rings. The standard InChI is InChI=1S/C21H16ClNO3S.C4H10O/c1-11-9-16-20(27-21(23-16)19(26)13-3-2-4-13)18(15(11)10-17(24)25)12-5-7-14(22)8-6-12;1-4(2,3)5/h3,5-9H,2,4,10H2,1H3,(H,24,25);5H,1-3H3. The molecule has 2 aromatic carbocycles. The predicted molar refractivity (Wildman–Crippen MR) is 130 cm³/mol. The number of nitrogens with zero attached hydrogens (tertiary/aromatic N) is 1. The van der Waals surface area contributed by atoms with E-state index in [0.717, 1.165) is 50.9 Å². The van der Waals surface area contributed by atoms with E-state index >= 15 is 0 Å². The zero-order valence-electron chi connectivity index (χ0n) is 18.5. The molecule has 0 amide bonds. The van der Waals surface area contributed by atoms with Crippen molar-refractivity contribution in [3.8, 4) is 11.1 Å². The van der Waals surface area contributed by atoms with Crippen LogP contribution in [0.4, 0.5) is 0 Å². The summed E-state index contributed by atoms with van der Waals surface area (Å²) in [5.74, 6) is -0.921. The highest BCUT2D eigenvalue weighted by Crippen LogP contribution is 2.39. The van der Waals surface area contributed by atoms with E-state index in [1.165, 1.54) is 11.3 Å². The lowest BCUT2D eigenvalue weighted by Crippen LogP contribution is -2.10. The average molecular weight is 472 g/mol. The number of halogens is 1. The average Bonchev–Trinajstić information content (AvgIpc) is 3.03. The Kier molecular flexibility index (Phi) is 7.18. The Hall–Kier alpha value is -2.54. The number of aromatic nitrogens is 1. The minimum Gasteiger partial charge on any atom is -0.481 e. The molecule has 0 saturated carbocycles. The molecule has 0 radical (unpaired) electrons. The molecule has 0 bridgehead atoms. The van der Waals surface area contributed by atoms with Gasteiger partial charge in [0.2, 0.25) is 5.78 Å². The summed E-state index contributed by atoms with van der Waals surface area (Å²) in [6.45, 7) is 7.11. The molecule has 1 aliphatic rings. The van der Waals surface area contributed by atoms with Gasteiger partial charge >= 0.3 is 5.97 Å². The maximum Gasteiger partial charge on any atom is 0.307 e. The van der Waals surface area contributed by atoms with Gasteiger partial charge in [-0.15, -0.1) is 11.3 Å². The van der Waals surface area contributed by atoms with Gasteiger partial charge in [0, 0.05) is 10.6 Å². The van der Waals surface area contributed by atoms with Crippen LogP contribution in [-0.4, -0.2) is 32.6 Å². The number of Topliss-reactive ketones (excluding diaryl/α,β-unsaturated/α-hetero) is 1. The minimum atomic E-state index is -0.895. The molecule has 1 aliphatic carbocycles. The number of carbonyl (C=O) groups is 2. The lowest BCUT2D eigenvalue weighted by atomic mass is 9.93. The van der Waals surface area contributed by atoms with Crippen molar-refractivity contribution >= 4 is 44.9 Å². The molecule has 0 spiro atoms. The Morgan fingerprint density at radius 1 is 1.19 bits per heavy atom. The van der Waals surface area contributed by atoms with E-state index in [9.17, 15) is 14.7 Å². The number of carboxylic acid groups (broad SMARTS) is 1. The Morgan fingerprint density at radius 3 is 2.28 bits per heavy atom. The molecule has 5 nitrogen and oxygen atoms in total. The van der Waals surface area contributed by atoms with Crippen LogP contribution >= 0.6 is 22.9 Å². The van der Waals surface area contributed by atoms with Crippen LogP contribution in [-0.2, 0) is 11.2 Å². The van der Waals surface area contributed by atoms with Crippen LogP contribution in [0.1, 0.15) is 54.5 Å². The van der Waals surface area contributed by atoms with E-state index in [-0.39, 0.29) is 12.2 Å². The molecule has 7 heteroatoms. The number of fused-ring (bicyclic) bond motifs is 1. The van der Waals surface area contributed by atoms with Gasteiger partial charge in [-0.3, -0.25) is 9.59 Å². The summed E-state index contributed by atoms with van der Waals surface area (Å²) >= 11 is 7.35. The molecule has 0 saturated heterocycles. The number of allylic oxidation sites excluding steroid dienone is 2. The molecule has 4 rings (SSSR count). The predicted octanol–water partition coefficient (Wildman–Crippen LogP) is 6.23. The molecule has 32 heavy (non-hydrogen) atoms. The molecule has 1 heterocycles. The van der Waals surface area contributed by atoms with E-state index in [1.807, 2.05) is 31.2 Å². The summed E-state index contributed by atoms with van der Waals surface area (Å²) < 4.78 is 0.836. The number of carboxylic acids is 1. The number of hydrogen-bond acceptors (Lipinski definition) is 5. The van der Waals surface area contributed by atoms with Crippen molar-refractivity contribution < 1.29 is 19.8 Å². The quantitative estimate of drug-likeness (QED) is 0.430. The normalized spacial score (nSPS) is 13.1. The number of aliphatic carboxylic acids is 1. The van der Waals surface area contributed by atoms with E-state index in [4.69, 9.17) is 16.7 Å². The fraction of sp³-hybridized carbons (Fsp3) is 0.320. The highest BCUT2D eigenvalue weighted by atomic mass is 35.5. The molecular weight excluding hydrogens is 446 g/mol. The zero-order valence-corrected chi connectivity index (χ0v) is 20.1.